The third kappa shape index (κ3) is 3.71. The third-order valence-electron chi connectivity index (χ3n) is 5.80. The summed E-state index contributed by atoms with van der Waals surface area (Å²) >= 11 is 0. The van der Waals surface area contributed by atoms with E-state index < -0.39 is 5.92 Å². The van der Waals surface area contributed by atoms with Crippen molar-refractivity contribution < 1.29 is 18.3 Å². The number of carbonyl (C=O) groups excluding carboxylic acids is 1. The number of nitrogens with one attached hydrogen (secondary N) is 1. The van der Waals surface area contributed by atoms with E-state index in [9.17, 15) is 13.6 Å². The van der Waals surface area contributed by atoms with Crippen LogP contribution >= 0.6 is 0 Å². The fourth-order valence-corrected chi connectivity index (χ4v) is 4.47. The van der Waals surface area contributed by atoms with Crippen LogP contribution in [-0.4, -0.2) is 72.0 Å². The van der Waals surface area contributed by atoms with Gasteiger partial charge in [-0.3, -0.25) is 9.69 Å². The van der Waals surface area contributed by atoms with E-state index >= 15 is 0 Å². The lowest BCUT2D eigenvalue weighted by atomic mass is 10.0. The summed E-state index contributed by atoms with van der Waals surface area (Å²) in [5, 5.41) is 1.01. The molecule has 0 unspecified atom stereocenters. The molecule has 7 heteroatoms. The van der Waals surface area contributed by atoms with Crippen LogP contribution in [0.25, 0.3) is 10.9 Å². The summed E-state index contributed by atoms with van der Waals surface area (Å²) in [5.41, 5.74) is 1.68. The molecule has 3 heterocycles. The monoisotopic (exact) mass is 377 g/mol. The highest BCUT2D eigenvalue weighted by atomic mass is 19.3. The number of ether oxygens (including phenoxy) is 1. The number of aromatic amines is 1. The van der Waals surface area contributed by atoms with E-state index in [1.54, 1.807) is 7.11 Å². The number of amides is 1. The molecule has 0 aliphatic carbocycles. The second-order valence-electron chi connectivity index (χ2n) is 7.64. The molecule has 1 aromatic carbocycles. The van der Waals surface area contributed by atoms with Crippen LogP contribution in [0.3, 0.4) is 0 Å². The first-order valence-electron chi connectivity index (χ1n) is 9.46. The van der Waals surface area contributed by atoms with Crippen molar-refractivity contribution in [2.45, 2.75) is 37.3 Å². The van der Waals surface area contributed by atoms with E-state index in [1.165, 1.54) is 0 Å². The van der Waals surface area contributed by atoms with Crippen molar-refractivity contribution in [1.29, 1.82) is 0 Å². The molecule has 1 amide bonds. The Balaban J connectivity index is 1.40. The van der Waals surface area contributed by atoms with Gasteiger partial charge in [-0.25, -0.2) is 8.78 Å². The van der Waals surface area contributed by atoms with E-state index in [2.05, 4.69) is 4.98 Å². The highest BCUT2D eigenvalue weighted by Gasteiger charge is 2.47. The number of fused-ring (bicyclic) bond motifs is 1. The number of H-pyrrole nitrogens is 1. The highest BCUT2D eigenvalue weighted by molar-refractivity contribution is 5.98. The molecule has 0 bridgehead atoms. The number of aromatic nitrogens is 1. The van der Waals surface area contributed by atoms with Crippen molar-refractivity contribution in [3.63, 3.8) is 0 Å². The summed E-state index contributed by atoms with van der Waals surface area (Å²) < 4.78 is 32.9. The summed E-state index contributed by atoms with van der Waals surface area (Å²) in [6.45, 7) is 1.31. The molecule has 0 radical (unpaired) electrons. The number of likely N-dealkylation sites (tertiary alicyclic amines) is 2. The van der Waals surface area contributed by atoms with Crippen LogP contribution < -0.4 is 0 Å². The number of hydrogen-bond acceptors (Lipinski definition) is 3. The van der Waals surface area contributed by atoms with E-state index in [-0.39, 0.29) is 31.0 Å². The molecule has 27 heavy (non-hydrogen) atoms. The Morgan fingerprint density at radius 2 is 2.07 bits per heavy atom. The molecular formula is C20H25F2N3O2. The molecular weight excluding hydrogens is 352 g/mol. The van der Waals surface area contributed by atoms with Crippen LogP contribution in [0.15, 0.2) is 30.5 Å². The van der Waals surface area contributed by atoms with Crippen molar-refractivity contribution in [1.82, 2.24) is 14.8 Å². The van der Waals surface area contributed by atoms with Crippen LogP contribution in [0.4, 0.5) is 8.78 Å². The predicted molar refractivity (Wildman–Crippen MR) is 99.2 cm³/mol. The maximum Gasteiger partial charge on any atom is 0.262 e. The van der Waals surface area contributed by atoms with Gasteiger partial charge in [-0.15, -0.1) is 0 Å². The van der Waals surface area contributed by atoms with Gasteiger partial charge in [-0.05, 0) is 37.1 Å². The van der Waals surface area contributed by atoms with Gasteiger partial charge < -0.3 is 14.6 Å². The van der Waals surface area contributed by atoms with Crippen molar-refractivity contribution in [3.05, 3.63) is 36.0 Å². The molecule has 2 aromatic rings. The summed E-state index contributed by atoms with van der Waals surface area (Å²) in [6, 6.07) is 7.43. The second kappa shape index (κ2) is 7.20. The second-order valence-corrected chi connectivity index (χ2v) is 7.64. The molecule has 1 N–H and O–H groups in total. The summed E-state index contributed by atoms with van der Waals surface area (Å²) in [6.07, 6.45) is 3.15. The Hall–Kier alpha value is -1.99. The molecule has 146 valence electrons. The smallest absolute Gasteiger partial charge is 0.262 e. The minimum Gasteiger partial charge on any atom is -0.383 e. The number of hydrogen-bond donors (Lipinski definition) is 1. The van der Waals surface area contributed by atoms with Crippen LogP contribution in [0.1, 0.15) is 29.6 Å². The van der Waals surface area contributed by atoms with Crippen LogP contribution in [-0.2, 0) is 4.74 Å². The van der Waals surface area contributed by atoms with Crippen molar-refractivity contribution >= 4 is 16.8 Å². The molecule has 1 atom stereocenters. The van der Waals surface area contributed by atoms with Crippen molar-refractivity contribution in [2.24, 2.45) is 0 Å². The summed E-state index contributed by atoms with van der Waals surface area (Å²) in [7, 11) is 1.55. The number of benzene rings is 1. The van der Waals surface area contributed by atoms with Gasteiger partial charge in [0.05, 0.1) is 13.2 Å². The molecule has 0 spiro atoms. The largest absolute Gasteiger partial charge is 0.383 e. The van der Waals surface area contributed by atoms with Gasteiger partial charge in [0.2, 0.25) is 0 Å². The van der Waals surface area contributed by atoms with Crippen LogP contribution in [0.2, 0.25) is 0 Å². The maximum absolute atomic E-state index is 13.9. The van der Waals surface area contributed by atoms with Crippen LogP contribution in [0.5, 0.6) is 0 Å². The number of carbonyl (C=O) groups is 1. The Morgan fingerprint density at radius 3 is 2.81 bits per heavy atom. The first-order chi connectivity index (χ1) is 13.0. The lowest BCUT2D eigenvalue weighted by molar-refractivity contribution is 0.00285. The quantitative estimate of drug-likeness (QED) is 0.891. The van der Waals surface area contributed by atoms with Crippen LogP contribution in [0, 0.1) is 0 Å². The number of rotatable bonds is 4. The molecule has 2 saturated heterocycles. The Labute approximate surface area is 157 Å². The van der Waals surface area contributed by atoms with Gasteiger partial charge in [-0.2, -0.15) is 0 Å². The minimum atomic E-state index is -2.65. The molecule has 4 rings (SSSR count). The van der Waals surface area contributed by atoms with Gasteiger partial charge in [0.15, 0.2) is 0 Å². The molecule has 0 saturated carbocycles. The maximum atomic E-state index is 13.9. The molecule has 5 nitrogen and oxygen atoms in total. The van der Waals surface area contributed by atoms with Gasteiger partial charge >= 0.3 is 0 Å². The fraction of sp³-hybridized carbons (Fsp3) is 0.550. The minimum absolute atomic E-state index is 0.0109. The molecule has 2 aliphatic rings. The predicted octanol–water partition coefficient (Wildman–Crippen LogP) is 3.13. The molecule has 2 aliphatic heterocycles. The topological polar surface area (TPSA) is 48.6 Å². The third-order valence-corrected chi connectivity index (χ3v) is 5.80. The number of nitrogens with zero attached hydrogens (tertiary/aromatic N) is 2. The van der Waals surface area contributed by atoms with Gasteiger partial charge in [-0.1, -0.05) is 0 Å². The van der Waals surface area contributed by atoms with Crippen molar-refractivity contribution in [2.75, 3.05) is 33.4 Å². The van der Waals surface area contributed by atoms with Crippen molar-refractivity contribution in [3.8, 4) is 0 Å². The normalized spacial score (nSPS) is 24.0. The zero-order chi connectivity index (χ0) is 19.0. The Bertz CT molecular complexity index is 814. The lowest BCUT2D eigenvalue weighted by Gasteiger charge is -2.39. The first kappa shape index (κ1) is 18.4. The zero-order valence-corrected chi connectivity index (χ0v) is 15.5. The standard InChI is InChI=1S/C20H25F2N3O2/c1-27-12-17-11-20(21,22)13-25(17)16-5-8-24(9-6-16)19(26)15-2-3-18-14(10-15)4-7-23-18/h2-4,7,10,16-17,23H,5-6,8-9,11-13H2,1H3/t17-/m0/s1. The van der Waals surface area contributed by atoms with E-state index in [4.69, 9.17) is 4.74 Å². The van der Waals surface area contributed by atoms with Gasteiger partial charge in [0.25, 0.3) is 11.8 Å². The lowest BCUT2D eigenvalue weighted by Crippen LogP contribution is -2.49. The molecule has 1 aromatic heterocycles. The Morgan fingerprint density at radius 1 is 1.30 bits per heavy atom. The molecule has 2 fully saturated rings. The number of halogens is 2. The fourth-order valence-electron chi connectivity index (χ4n) is 4.47. The first-order valence-corrected chi connectivity index (χ1v) is 9.46. The van der Waals surface area contributed by atoms with E-state index in [1.807, 2.05) is 40.3 Å². The SMILES string of the molecule is COC[C@@H]1CC(F)(F)CN1C1CCN(C(=O)c2ccc3[nH]ccc3c2)CC1. The summed E-state index contributed by atoms with van der Waals surface area (Å²) in [5.74, 6) is -2.64. The van der Waals surface area contributed by atoms with Gasteiger partial charge in [0.1, 0.15) is 0 Å². The number of alkyl halides is 2. The van der Waals surface area contributed by atoms with Gasteiger partial charge in [0, 0.05) is 61.4 Å². The van der Waals surface area contributed by atoms with E-state index in [0.717, 1.165) is 10.9 Å². The summed E-state index contributed by atoms with van der Waals surface area (Å²) in [4.78, 5) is 19.7. The number of piperidine rings is 1. The average Bonchev–Trinajstić information content (AvgIpc) is 3.24. The average molecular weight is 377 g/mol. The zero-order valence-electron chi connectivity index (χ0n) is 15.5. The number of methoxy groups -OCH3 is 1. The highest BCUT2D eigenvalue weighted by Crippen LogP contribution is 2.35. The van der Waals surface area contributed by atoms with E-state index in [0.29, 0.717) is 38.1 Å². The Kier molecular flexibility index (Phi) is 4.90.